The van der Waals surface area contributed by atoms with Crippen LogP contribution >= 0.6 is 0 Å². The van der Waals surface area contributed by atoms with Crippen LogP contribution in [0.3, 0.4) is 0 Å². The number of carbonyl (C=O) groups excluding carboxylic acids is 3. The fourth-order valence-electron chi connectivity index (χ4n) is 4.10. The predicted octanol–water partition coefficient (Wildman–Crippen LogP) is 4.17. The number of aryl methyl sites for hydroxylation is 2. The molecular weight excluding hydrogens is 406 g/mol. The monoisotopic (exact) mass is 445 g/mol. The summed E-state index contributed by atoms with van der Waals surface area (Å²) in [5.74, 6) is -0.499. The highest BCUT2D eigenvalue weighted by molar-refractivity contribution is 5.90. The van der Waals surface area contributed by atoms with E-state index in [1.165, 1.54) is 11.3 Å². The van der Waals surface area contributed by atoms with Crippen molar-refractivity contribution in [2.75, 3.05) is 13.1 Å². The maximum absolute atomic E-state index is 13.5. The summed E-state index contributed by atoms with van der Waals surface area (Å²) < 4.78 is 5.23. The molecule has 2 rings (SSSR count). The van der Waals surface area contributed by atoms with E-state index in [0.717, 1.165) is 42.4 Å². The van der Waals surface area contributed by atoms with E-state index < -0.39 is 17.7 Å². The van der Waals surface area contributed by atoms with Crippen molar-refractivity contribution in [3.05, 3.63) is 34.9 Å². The summed E-state index contributed by atoms with van der Waals surface area (Å²) in [6, 6.07) is 5.32. The molecule has 1 fully saturated rings. The fraction of sp³-hybridized carbons (Fsp3) is 0.640. The highest BCUT2D eigenvalue weighted by Gasteiger charge is 2.33. The Bertz CT molecular complexity index is 810. The summed E-state index contributed by atoms with van der Waals surface area (Å²) >= 11 is 0. The van der Waals surface area contributed by atoms with Gasteiger partial charge in [-0.05, 0) is 65.5 Å². The van der Waals surface area contributed by atoms with Crippen LogP contribution < -0.4 is 10.6 Å². The van der Waals surface area contributed by atoms with Gasteiger partial charge in [-0.15, -0.1) is 0 Å². The molecule has 0 bridgehead atoms. The molecule has 1 aliphatic carbocycles. The van der Waals surface area contributed by atoms with Gasteiger partial charge in [0.15, 0.2) is 0 Å². The molecule has 0 heterocycles. The van der Waals surface area contributed by atoms with Gasteiger partial charge in [-0.3, -0.25) is 9.59 Å². The van der Waals surface area contributed by atoms with Crippen LogP contribution in [0.15, 0.2) is 18.2 Å². The van der Waals surface area contributed by atoms with Gasteiger partial charge in [-0.1, -0.05) is 43.0 Å². The molecule has 0 aliphatic heterocycles. The van der Waals surface area contributed by atoms with E-state index in [9.17, 15) is 14.4 Å². The molecule has 1 aromatic carbocycles. The van der Waals surface area contributed by atoms with E-state index in [4.69, 9.17) is 4.74 Å². The third kappa shape index (κ3) is 7.53. The summed E-state index contributed by atoms with van der Waals surface area (Å²) in [6.07, 6.45) is 4.68. The van der Waals surface area contributed by atoms with Gasteiger partial charge in [0.2, 0.25) is 11.8 Å². The summed E-state index contributed by atoms with van der Waals surface area (Å²) in [5.41, 5.74) is 2.13. The van der Waals surface area contributed by atoms with E-state index in [0.29, 0.717) is 6.54 Å². The van der Waals surface area contributed by atoms with Crippen LogP contribution in [0.4, 0.5) is 4.79 Å². The molecule has 1 aromatic rings. The smallest absolute Gasteiger partial charge is 0.408 e. The Morgan fingerprint density at radius 1 is 1.12 bits per heavy atom. The molecule has 3 amide bonds. The Kier molecular flexibility index (Phi) is 9.10. The van der Waals surface area contributed by atoms with Gasteiger partial charge < -0.3 is 20.3 Å². The molecule has 0 spiro atoms. The first-order valence-corrected chi connectivity index (χ1v) is 11.7. The topological polar surface area (TPSA) is 87.7 Å². The lowest BCUT2D eigenvalue weighted by molar-refractivity contribution is -0.140. The molecule has 7 heteroatoms. The van der Waals surface area contributed by atoms with Crippen LogP contribution in [0.1, 0.15) is 82.5 Å². The molecule has 1 atom stereocenters. The minimum Gasteiger partial charge on any atom is -0.444 e. The number of carbonyl (C=O) groups is 3. The van der Waals surface area contributed by atoms with Crippen LogP contribution in [0.25, 0.3) is 0 Å². The van der Waals surface area contributed by atoms with E-state index in [1.54, 1.807) is 20.8 Å². The highest BCUT2D eigenvalue weighted by atomic mass is 16.6. The number of ether oxygens (including phenoxy) is 1. The number of nitrogens with zero attached hydrogens (tertiary/aromatic N) is 1. The largest absolute Gasteiger partial charge is 0.444 e. The van der Waals surface area contributed by atoms with Gasteiger partial charge in [0, 0.05) is 12.6 Å². The Morgan fingerprint density at radius 3 is 2.38 bits per heavy atom. The van der Waals surface area contributed by atoms with E-state index in [2.05, 4.69) is 10.6 Å². The third-order valence-electron chi connectivity index (χ3n) is 5.68. The molecule has 1 unspecified atom stereocenters. The quantitative estimate of drug-likeness (QED) is 0.659. The lowest BCUT2D eigenvalue weighted by Crippen LogP contribution is -2.49. The van der Waals surface area contributed by atoms with Crippen molar-refractivity contribution in [3.63, 3.8) is 0 Å². The first kappa shape index (κ1) is 25.7. The van der Waals surface area contributed by atoms with Crippen molar-refractivity contribution >= 4 is 17.9 Å². The van der Waals surface area contributed by atoms with Gasteiger partial charge >= 0.3 is 6.09 Å². The van der Waals surface area contributed by atoms with Gasteiger partial charge in [0.1, 0.15) is 18.2 Å². The minimum absolute atomic E-state index is 0.137. The fourth-order valence-corrected chi connectivity index (χ4v) is 4.10. The van der Waals surface area contributed by atoms with Crippen molar-refractivity contribution in [2.24, 2.45) is 0 Å². The van der Waals surface area contributed by atoms with Gasteiger partial charge in [0.25, 0.3) is 0 Å². The zero-order valence-electron chi connectivity index (χ0n) is 20.4. The second-order valence-corrected chi connectivity index (χ2v) is 9.64. The molecule has 32 heavy (non-hydrogen) atoms. The normalized spacial score (nSPS) is 15.6. The average molecular weight is 446 g/mol. The lowest BCUT2D eigenvalue weighted by Gasteiger charge is -2.33. The standard InChI is InChI=1S/C25H39N3O4/c1-7-28(21(29)16-26-24(31)32-25(4,5)6)22(20-15-17(2)13-14-18(20)3)23(30)27-19-11-9-8-10-12-19/h13-15,19,22H,7-12,16H2,1-6H3,(H,26,31)(H,27,30). The Hall–Kier alpha value is -2.57. The second-order valence-electron chi connectivity index (χ2n) is 9.64. The minimum atomic E-state index is -0.755. The van der Waals surface area contributed by atoms with E-state index in [1.807, 2.05) is 39.0 Å². The van der Waals surface area contributed by atoms with Crippen molar-refractivity contribution in [1.29, 1.82) is 0 Å². The summed E-state index contributed by atoms with van der Waals surface area (Å²) in [4.78, 5) is 40.2. The number of alkyl carbamates (subject to hydrolysis) is 1. The molecule has 0 aromatic heterocycles. The molecule has 0 saturated heterocycles. The second kappa shape index (κ2) is 11.3. The van der Waals surface area contributed by atoms with Gasteiger partial charge in [-0.25, -0.2) is 4.79 Å². The number of hydrogen-bond donors (Lipinski definition) is 2. The lowest BCUT2D eigenvalue weighted by atomic mass is 9.93. The summed E-state index contributed by atoms with van der Waals surface area (Å²) in [5, 5.41) is 5.71. The third-order valence-corrected chi connectivity index (χ3v) is 5.68. The molecule has 178 valence electrons. The summed E-state index contributed by atoms with van der Waals surface area (Å²) in [7, 11) is 0. The SMILES string of the molecule is CCN(C(=O)CNC(=O)OC(C)(C)C)C(C(=O)NC1CCCCC1)c1cc(C)ccc1C. The number of nitrogens with one attached hydrogen (secondary N) is 2. The predicted molar refractivity (Wildman–Crippen MR) is 125 cm³/mol. The Balaban J connectivity index is 2.25. The highest BCUT2D eigenvalue weighted by Crippen LogP contribution is 2.27. The van der Waals surface area contributed by atoms with Crippen molar-refractivity contribution in [3.8, 4) is 0 Å². The Labute approximate surface area is 192 Å². The molecular formula is C25H39N3O4. The van der Waals surface area contributed by atoms with Crippen LogP contribution in [-0.2, 0) is 14.3 Å². The maximum atomic E-state index is 13.5. The Morgan fingerprint density at radius 2 is 1.78 bits per heavy atom. The van der Waals surface area contributed by atoms with Crippen LogP contribution in [0.2, 0.25) is 0 Å². The number of benzene rings is 1. The number of hydrogen-bond acceptors (Lipinski definition) is 4. The van der Waals surface area contributed by atoms with Crippen molar-refractivity contribution < 1.29 is 19.1 Å². The molecule has 1 saturated carbocycles. The molecule has 7 nitrogen and oxygen atoms in total. The molecule has 2 N–H and O–H groups in total. The number of likely N-dealkylation sites (N-methyl/N-ethyl adjacent to an activating group) is 1. The van der Waals surface area contributed by atoms with Crippen molar-refractivity contribution in [2.45, 2.75) is 91.3 Å². The van der Waals surface area contributed by atoms with Gasteiger partial charge in [-0.2, -0.15) is 0 Å². The summed E-state index contributed by atoms with van der Waals surface area (Å²) in [6.45, 7) is 11.2. The number of amides is 3. The van der Waals surface area contributed by atoms with E-state index in [-0.39, 0.29) is 24.4 Å². The van der Waals surface area contributed by atoms with Crippen LogP contribution in [0, 0.1) is 13.8 Å². The molecule has 0 radical (unpaired) electrons. The zero-order chi connectivity index (χ0) is 23.9. The molecule has 1 aliphatic rings. The first-order valence-electron chi connectivity index (χ1n) is 11.7. The van der Waals surface area contributed by atoms with Crippen LogP contribution in [0.5, 0.6) is 0 Å². The van der Waals surface area contributed by atoms with Gasteiger partial charge in [0.05, 0.1) is 0 Å². The van der Waals surface area contributed by atoms with Crippen molar-refractivity contribution in [1.82, 2.24) is 15.5 Å². The first-order chi connectivity index (χ1) is 15.0. The van der Waals surface area contributed by atoms with E-state index >= 15 is 0 Å². The number of rotatable bonds is 7. The average Bonchev–Trinajstić information content (AvgIpc) is 2.71. The van der Waals surface area contributed by atoms with Crippen LogP contribution in [-0.4, -0.2) is 47.5 Å². The maximum Gasteiger partial charge on any atom is 0.408 e. The zero-order valence-corrected chi connectivity index (χ0v) is 20.4.